The molecule has 0 fully saturated rings. The van der Waals surface area contributed by atoms with E-state index in [1.54, 1.807) is 6.92 Å². The zero-order chi connectivity index (χ0) is 8.95. The van der Waals surface area contributed by atoms with E-state index < -0.39 is 0 Å². The van der Waals surface area contributed by atoms with Gasteiger partial charge in [-0.05, 0) is 26.3 Å². The largest absolute Gasteiger partial charge is 0.397 e. The molecule has 4 N–H and O–H groups in total. The van der Waals surface area contributed by atoms with Crippen molar-refractivity contribution in [2.75, 3.05) is 19.8 Å². The first kappa shape index (κ1) is 13.5. The van der Waals surface area contributed by atoms with Crippen molar-refractivity contribution < 1.29 is 10.2 Å². The number of hydrogen-bond donors (Lipinski definition) is 3. The molecule has 0 aromatic carbocycles. The maximum Gasteiger partial charge on any atom is 0.0431 e. The molecular weight excluding hydrogens is 142 g/mol. The highest BCUT2D eigenvalue weighted by molar-refractivity contribution is 4.41. The molecule has 0 bridgehead atoms. The van der Waals surface area contributed by atoms with Crippen LogP contribution in [0, 0.1) is 0 Å². The molecule has 0 aliphatic rings. The monoisotopic (exact) mass is 163 g/mol. The highest BCUT2D eigenvalue weighted by Gasteiger charge is 1.84. The third-order valence-corrected chi connectivity index (χ3v) is 1.11. The Kier molecular flexibility index (Phi) is 20.2. The van der Waals surface area contributed by atoms with Crippen molar-refractivity contribution in [3.05, 3.63) is 0 Å². The van der Waals surface area contributed by atoms with Gasteiger partial charge in [-0.25, -0.2) is 0 Å². The molecule has 3 nitrogen and oxygen atoms in total. The van der Waals surface area contributed by atoms with Gasteiger partial charge in [0.1, 0.15) is 0 Å². The lowest BCUT2D eigenvalue weighted by atomic mass is 10.2. The van der Waals surface area contributed by atoms with Gasteiger partial charge in [-0.1, -0.05) is 12.8 Å². The normalized spacial score (nSPS) is 8.73. The van der Waals surface area contributed by atoms with Gasteiger partial charge in [-0.15, -0.1) is 0 Å². The first-order valence-electron chi connectivity index (χ1n) is 4.25. The van der Waals surface area contributed by atoms with E-state index in [4.69, 9.17) is 15.9 Å². The van der Waals surface area contributed by atoms with E-state index in [2.05, 4.69) is 0 Å². The quantitative estimate of drug-likeness (QED) is 0.517. The minimum absolute atomic E-state index is 0.250. The zero-order valence-electron chi connectivity index (χ0n) is 7.42. The first-order chi connectivity index (χ1) is 5.33. The van der Waals surface area contributed by atoms with Crippen LogP contribution in [0.1, 0.15) is 32.6 Å². The number of aliphatic hydroxyl groups excluding tert-OH is 2. The second kappa shape index (κ2) is 16.5. The summed E-state index contributed by atoms with van der Waals surface area (Å²) in [6, 6.07) is 0. The average Bonchev–Trinajstić information content (AvgIpc) is 2.00. The summed E-state index contributed by atoms with van der Waals surface area (Å²) >= 11 is 0. The van der Waals surface area contributed by atoms with Crippen LogP contribution in [0.4, 0.5) is 0 Å². The van der Waals surface area contributed by atoms with Gasteiger partial charge >= 0.3 is 0 Å². The van der Waals surface area contributed by atoms with Crippen LogP contribution in [0.5, 0.6) is 0 Å². The van der Waals surface area contributed by atoms with Crippen LogP contribution in [-0.4, -0.2) is 30.0 Å². The SMILES string of the molecule is CCO.NCCCCCCO. The fraction of sp³-hybridized carbons (Fsp3) is 1.00. The number of nitrogens with two attached hydrogens (primary N) is 1. The van der Waals surface area contributed by atoms with Gasteiger partial charge in [-0.2, -0.15) is 0 Å². The number of hydrogen-bond acceptors (Lipinski definition) is 3. The number of unbranched alkanes of at least 4 members (excludes halogenated alkanes) is 3. The Morgan fingerprint density at radius 2 is 1.45 bits per heavy atom. The number of aliphatic hydroxyl groups is 2. The van der Waals surface area contributed by atoms with E-state index in [-0.39, 0.29) is 6.61 Å². The molecule has 0 rings (SSSR count). The summed E-state index contributed by atoms with van der Waals surface area (Å²) in [5.74, 6) is 0. The van der Waals surface area contributed by atoms with Crippen molar-refractivity contribution in [3.63, 3.8) is 0 Å². The molecule has 0 unspecified atom stereocenters. The minimum atomic E-state index is 0.250. The van der Waals surface area contributed by atoms with E-state index in [1.165, 1.54) is 0 Å². The smallest absolute Gasteiger partial charge is 0.0431 e. The maximum absolute atomic E-state index is 8.33. The predicted octanol–water partition coefficient (Wildman–Crippen LogP) is 0.496. The van der Waals surface area contributed by atoms with Gasteiger partial charge in [0.25, 0.3) is 0 Å². The van der Waals surface area contributed by atoms with Crippen LogP contribution in [0.2, 0.25) is 0 Å². The van der Waals surface area contributed by atoms with Crippen molar-refractivity contribution in [2.24, 2.45) is 5.73 Å². The highest BCUT2D eigenvalue weighted by Crippen LogP contribution is 1.95. The molecule has 0 aromatic heterocycles. The van der Waals surface area contributed by atoms with Crippen LogP contribution < -0.4 is 5.73 Å². The topological polar surface area (TPSA) is 66.5 Å². The Bertz CT molecular complexity index is 45.4. The van der Waals surface area contributed by atoms with Gasteiger partial charge in [0.2, 0.25) is 0 Å². The van der Waals surface area contributed by atoms with Crippen molar-refractivity contribution in [1.29, 1.82) is 0 Å². The van der Waals surface area contributed by atoms with Crippen LogP contribution in [0.15, 0.2) is 0 Å². The minimum Gasteiger partial charge on any atom is -0.397 e. The van der Waals surface area contributed by atoms with Crippen molar-refractivity contribution >= 4 is 0 Å². The summed E-state index contributed by atoms with van der Waals surface area (Å²) in [4.78, 5) is 0. The van der Waals surface area contributed by atoms with Gasteiger partial charge in [0.05, 0.1) is 0 Å². The van der Waals surface area contributed by atoms with E-state index in [9.17, 15) is 0 Å². The van der Waals surface area contributed by atoms with E-state index in [0.29, 0.717) is 6.61 Å². The molecule has 11 heavy (non-hydrogen) atoms. The lowest BCUT2D eigenvalue weighted by molar-refractivity contribution is 0.282. The Morgan fingerprint density at radius 3 is 1.82 bits per heavy atom. The van der Waals surface area contributed by atoms with Crippen LogP contribution in [0.25, 0.3) is 0 Å². The molecule has 0 aliphatic heterocycles. The molecule has 0 heterocycles. The average molecular weight is 163 g/mol. The molecule has 0 aromatic rings. The third kappa shape index (κ3) is 25.8. The second-order valence-corrected chi connectivity index (χ2v) is 2.24. The van der Waals surface area contributed by atoms with Gasteiger partial charge in [0.15, 0.2) is 0 Å². The van der Waals surface area contributed by atoms with Gasteiger partial charge in [0, 0.05) is 13.2 Å². The summed E-state index contributed by atoms with van der Waals surface area (Å²) < 4.78 is 0. The molecule has 3 heteroatoms. The van der Waals surface area contributed by atoms with Crippen molar-refractivity contribution in [2.45, 2.75) is 32.6 Å². The third-order valence-electron chi connectivity index (χ3n) is 1.11. The van der Waals surface area contributed by atoms with Crippen LogP contribution in [0.3, 0.4) is 0 Å². The molecule has 70 valence electrons. The molecule has 0 amide bonds. The summed E-state index contributed by atoms with van der Waals surface area (Å²) in [5, 5.41) is 15.9. The van der Waals surface area contributed by atoms with Crippen LogP contribution in [-0.2, 0) is 0 Å². The van der Waals surface area contributed by atoms with Crippen LogP contribution >= 0.6 is 0 Å². The first-order valence-corrected chi connectivity index (χ1v) is 4.25. The summed E-state index contributed by atoms with van der Waals surface area (Å²) in [6.07, 6.45) is 4.31. The fourth-order valence-electron chi connectivity index (χ4n) is 0.610. The molecule has 0 spiro atoms. The lowest BCUT2D eigenvalue weighted by Gasteiger charge is -1.93. The van der Waals surface area contributed by atoms with Gasteiger partial charge < -0.3 is 15.9 Å². The van der Waals surface area contributed by atoms with Crippen molar-refractivity contribution in [3.8, 4) is 0 Å². The summed E-state index contributed by atoms with van der Waals surface area (Å²) in [5.41, 5.74) is 5.25. The standard InChI is InChI=1S/C6H15NO.C2H6O/c7-5-3-1-2-4-6-8;1-2-3/h8H,1-7H2;3H,2H2,1H3. The molecule has 0 radical (unpaired) electrons. The molecular formula is C8H21NO2. The molecule has 0 saturated carbocycles. The Balaban J connectivity index is 0. The second-order valence-electron chi connectivity index (χ2n) is 2.24. The van der Waals surface area contributed by atoms with E-state index in [1.807, 2.05) is 0 Å². The summed E-state index contributed by atoms with van der Waals surface area (Å²) in [7, 11) is 0. The fourth-order valence-corrected chi connectivity index (χ4v) is 0.610. The number of rotatable bonds is 5. The molecule has 0 saturated heterocycles. The summed E-state index contributed by atoms with van der Waals surface area (Å²) in [6.45, 7) is 3.04. The van der Waals surface area contributed by atoms with Gasteiger partial charge in [-0.3, -0.25) is 0 Å². The predicted molar refractivity (Wildman–Crippen MR) is 47.4 cm³/mol. The lowest BCUT2D eigenvalue weighted by Crippen LogP contribution is -1.97. The molecule has 0 aliphatic carbocycles. The van der Waals surface area contributed by atoms with Crippen molar-refractivity contribution in [1.82, 2.24) is 0 Å². The van der Waals surface area contributed by atoms with E-state index in [0.717, 1.165) is 32.2 Å². The maximum atomic E-state index is 8.33. The zero-order valence-corrected chi connectivity index (χ0v) is 7.42. The Hall–Kier alpha value is -0.120. The van der Waals surface area contributed by atoms with E-state index >= 15 is 0 Å². The Labute approximate surface area is 69.2 Å². The highest BCUT2D eigenvalue weighted by atomic mass is 16.3. The molecule has 0 atom stereocenters. The Morgan fingerprint density at radius 1 is 1.00 bits per heavy atom.